The highest BCUT2D eigenvalue weighted by molar-refractivity contribution is 7.98. The molecule has 156 valence electrons. The maximum Gasteiger partial charge on any atom is 0.262 e. The number of hydrogen-bond acceptors (Lipinski definition) is 7. The fraction of sp³-hybridized carbons (Fsp3) is 0.182. The second-order valence-electron chi connectivity index (χ2n) is 7.28. The molecule has 4 heterocycles. The summed E-state index contributed by atoms with van der Waals surface area (Å²) in [4.78, 5) is 40.2. The highest BCUT2D eigenvalue weighted by Crippen LogP contribution is 2.35. The van der Waals surface area contributed by atoms with E-state index in [0.717, 1.165) is 25.7 Å². The lowest BCUT2D eigenvalue weighted by atomic mass is 10.0. The molecule has 0 saturated heterocycles. The lowest BCUT2D eigenvalue weighted by Gasteiger charge is -2.07. The maximum atomic E-state index is 13.0. The summed E-state index contributed by atoms with van der Waals surface area (Å²) >= 11 is 4.36. The second-order valence-corrected chi connectivity index (χ2v) is 10.3. The molecule has 0 atom stereocenters. The molecule has 0 aliphatic heterocycles. The predicted molar refractivity (Wildman–Crippen MR) is 130 cm³/mol. The third-order valence-electron chi connectivity index (χ3n) is 5.13. The summed E-state index contributed by atoms with van der Waals surface area (Å²) in [7, 11) is 1.71. The van der Waals surface area contributed by atoms with Crippen molar-refractivity contribution in [3.05, 3.63) is 72.7 Å². The largest absolute Gasteiger partial charge is 0.309 e. The quantitative estimate of drug-likeness (QED) is 0.302. The summed E-state index contributed by atoms with van der Waals surface area (Å²) < 4.78 is 1.54. The first kappa shape index (κ1) is 20.2. The first-order chi connectivity index (χ1) is 14.9. The number of aromatic nitrogens is 4. The maximum absolute atomic E-state index is 13.0. The zero-order valence-electron chi connectivity index (χ0n) is 17.1. The van der Waals surface area contributed by atoms with Gasteiger partial charge in [0.05, 0.1) is 16.5 Å². The third kappa shape index (κ3) is 3.52. The van der Waals surface area contributed by atoms with Crippen LogP contribution in [0.1, 0.15) is 16.3 Å². The fourth-order valence-electron chi connectivity index (χ4n) is 3.54. The van der Waals surface area contributed by atoms with E-state index in [-0.39, 0.29) is 11.1 Å². The minimum atomic E-state index is -0.143. The van der Waals surface area contributed by atoms with Crippen molar-refractivity contribution in [2.24, 2.45) is 7.05 Å². The van der Waals surface area contributed by atoms with Crippen LogP contribution in [0, 0.1) is 13.8 Å². The van der Waals surface area contributed by atoms with Gasteiger partial charge in [-0.1, -0.05) is 41.6 Å². The second kappa shape index (κ2) is 7.74. The number of aromatic amines is 1. The van der Waals surface area contributed by atoms with E-state index in [1.54, 1.807) is 17.7 Å². The Hall–Kier alpha value is -2.75. The number of thiophene rings is 2. The van der Waals surface area contributed by atoms with E-state index >= 15 is 0 Å². The Bertz CT molecular complexity index is 1560. The number of H-pyrrole nitrogens is 1. The van der Waals surface area contributed by atoms with Crippen molar-refractivity contribution in [1.29, 1.82) is 0 Å². The highest BCUT2D eigenvalue weighted by Gasteiger charge is 2.17. The van der Waals surface area contributed by atoms with Gasteiger partial charge in [-0.25, -0.2) is 9.97 Å². The smallest absolute Gasteiger partial charge is 0.262 e. The summed E-state index contributed by atoms with van der Waals surface area (Å²) in [5.41, 5.74) is 2.93. The first-order valence-corrected chi connectivity index (χ1v) is 12.3. The van der Waals surface area contributed by atoms with Crippen molar-refractivity contribution in [2.75, 3.05) is 0 Å². The van der Waals surface area contributed by atoms with Crippen LogP contribution in [0.5, 0.6) is 0 Å². The molecule has 0 fully saturated rings. The Labute approximate surface area is 189 Å². The van der Waals surface area contributed by atoms with Crippen LogP contribution in [-0.2, 0) is 12.8 Å². The van der Waals surface area contributed by atoms with Crippen LogP contribution in [0.3, 0.4) is 0 Å². The van der Waals surface area contributed by atoms with Crippen LogP contribution in [0.25, 0.3) is 31.6 Å². The Kier molecular flexibility index (Phi) is 5.04. The van der Waals surface area contributed by atoms with Crippen molar-refractivity contribution >= 4 is 54.9 Å². The van der Waals surface area contributed by atoms with Crippen molar-refractivity contribution < 1.29 is 0 Å². The molecule has 0 aliphatic carbocycles. The van der Waals surface area contributed by atoms with Gasteiger partial charge in [0, 0.05) is 17.5 Å². The molecule has 5 aromatic rings. The van der Waals surface area contributed by atoms with Gasteiger partial charge >= 0.3 is 0 Å². The lowest BCUT2D eigenvalue weighted by Crippen LogP contribution is -2.19. The Morgan fingerprint density at radius 3 is 2.61 bits per heavy atom. The Balaban J connectivity index is 1.51. The highest BCUT2D eigenvalue weighted by atomic mass is 32.2. The number of hydrogen-bond donors (Lipinski definition) is 1. The van der Waals surface area contributed by atoms with Gasteiger partial charge in [-0.05, 0) is 30.9 Å². The van der Waals surface area contributed by atoms with Gasteiger partial charge in [-0.2, -0.15) is 0 Å². The number of nitrogens with zero attached hydrogens (tertiary/aromatic N) is 3. The average molecular weight is 467 g/mol. The van der Waals surface area contributed by atoms with Crippen molar-refractivity contribution in [3.8, 4) is 11.1 Å². The Morgan fingerprint density at radius 1 is 1.06 bits per heavy atom. The number of fused-ring (bicyclic) bond motifs is 2. The van der Waals surface area contributed by atoms with Crippen LogP contribution in [0.15, 0.2) is 50.5 Å². The fourth-order valence-corrected chi connectivity index (χ4v) is 6.25. The van der Waals surface area contributed by atoms with Crippen LogP contribution in [-0.4, -0.2) is 19.5 Å². The monoisotopic (exact) mass is 466 g/mol. The van der Waals surface area contributed by atoms with Gasteiger partial charge in [0.25, 0.3) is 11.1 Å². The third-order valence-corrected chi connectivity index (χ3v) is 7.98. The molecule has 0 unspecified atom stereocenters. The molecule has 5 rings (SSSR count). The molecule has 31 heavy (non-hydrogen) atoms. The topological polar surface area (TPSA) is 80.6 Å². The summed E-state index contributed by atoms with van der Waals surface area (Å²) in [6.45, 7) is 4.06. The molecular weight excluding hydrogens is 448 g/mol. The SMILES string of the molecule is Cc1ccc(-c2c(C)sc3nc(CSc4nc5sccc5c(=O)n4C)[nH]c(=O)c23)cc1. The molecule has 0 amide bonds. The van der Waals surface area contributed by atoms with E-state index in [4.69, 9.17) is 4.98 Å². The normalized spacial score (nSPS) is 11.6. The van der Waals surface area contributed by atoms with E-state index in [1.807, 2.05) is 43.5 Å². The number of aryl methyl sites for hydroxylation is 2. The van der Waals surface area contributed by atoms with E-state index < -0.39 is 0 Å². The van der Waals surface area contributed by atoms with E-state index in [1.165, 1.54) is 40.0 Å². The molecule has 9 heteroatoms. The van der Waals surface area contributed by atoms with E-state index in [9.17, 15) is 9.59 Å². The molecule has 0 saturated carbocycles. The van der Waals surface area contributed by atoms with Gasteiger partial charge in [0.1, 0.15) is 15.5 Å². The minimum Gasteiger partial charge on any atom is -0.309 e. The van der Waals surface area contributed by atoms with E-state index in [2.05, 4.69) is 9.97 Å². The number of benzene rings is 1. The Morgan fingerprint density at radius 2 is 1.84 bits per heavy atom. The molecule has 4 aromatic heterocycles. The summed E-state index contributed by atoms with van der Waals surface area (Å²) in [5.74, 6) is 0.985. The zero-order chi connectivity index (χ0) is 21.7. The van der Waals surface area contributed by atoms with Gasteiger partial charge in [-0.3, -0.25) is 14.2 Å². The molecule has 0 bridgehead atoms. The van der Waals surface area contributed by atoms with Gasteiger partial charge in [0.2, 0.25) is 0 Å². The molecule has 0 spiro atoms. The molecule has 6 nitrogen and oxygen atoms in total. The number of rotatable bonds is 4. The van der Waals surface area contributed by atoms with Crippen LogP contribution < -0.4 is 11.1 Å². The minimum absolute atomic E-state index is 0.0673. The van der Waals surface area contributed by atoms with Gasteiger partial charge in [0.15, 0.2) is 5.16 Å². The van der Waals surface area contributed by atoms with Crippen molar-refractivity contribution in [2.45, 2.75) is 24.8 Å². The van der Waals surface area contributed by atoms with E-state index in [0.29, 0.717) is 27.5 Å². The first-order valence-electron chi connectivity index (χ1n) is 9.58. The molecule has 0 radical (unpaired) electrons. The van der Waals surface area contributed by atoms with Crippen LogP contribution >= 0.6 is 34.4 Å². The molecule has 1 N–H and O–H groups in total. The van der Waals surface area contributed by atoms with Crippen LogP contribution in [0.4, 0.5) is 0 Å². The molecular formula is C22H18N4O2S3. The summed E-state index contributed by atoms with van der Waals surface area (Å²) in [6, 6.07) is 9.97. The standard InChI is InChI=1S/C22H18N4O2S3/c1-11-4-6-13(7-5-11)16-12(2)31-20-17(16)18(27)23-15(24-20)10-30-22-25-19-14(8-9-29-19)21(28)26(22)3/h4-9H,10H2,1-3H3,(H,23,24,27). The van der Waals surface area contributed by atoms with Gasteiger partial charge in [-0.15, -0.1) is 22.7 Å². The van der Waals surface area contributed by atoms with Crippen molar-refractivity contribution in [1.82, 2.24) is 19.5 Å². The lowest BCUT2D eigenvalue weighted by molar-refractivity contribution is 0.727. The number of thioether (sulfide) groups is 1. The van der Waals surface area contributed by atoms with Crippen LogP contribution in [0.2, 0.25) is 0 Å². The number of nitrogens with one attached hydrogen (secondary N) is 1. The average Bonchev–Trinajstić information content (AvgIpc) is 3.34. The summed E-state index contributed by atoms with van der Waals surface area (Å²) in [5, 5.41) is 3.73. The predicted octanol–water partition coefficient (Wildman–Crippen LogP) is 4.87. The zero-order valence-corrected chi connectivity index (χ0v) is 19.5. The molecule has 1 aromatic carbocycles. The van der Waals surface area contributed by atoms with Gasteiger partial charge < -0.3 is 4.98 Å². The van der Waals surface area contributed by atoms with Crippen molar-refractivity contribution in [3.63, 3.8) is 0 Å². The summed E-state index contributed by atoms with van der Waals surface area (Å²) in [6.07, 6.45) is 0. The molecule has 0 aliphatic rings.